The molecule has 0 saturated heterocycles. The number of hydrogen-bond acceptors (Lipinski definition) is 4. The van der Waals surface area contributed by atoms with Crippen molar-refractivity contribution in [3.05, 3.63) is 22.7 Å². The molecule has 0 amide bonds. The molecule has 0 fully saturated rings. The first-order valence-electron chi connectivity index (χ1n) is 4.28. The average Bonchev–Trinajstić information content (AvgIpc) is 2.65. The molecule has 5 nitrogen and oxygen atoms in total. The fourth-order valence-electron chi connectivity index (χ4n) is 1.21. The molecule has 0 aliphatic rings. The number of hydrogen-bond donors (Lipinski definition) is 0. The van der Waals surface area contributed by atoms with Crippen molar-refractivity contribution in [1.29, 1.82) is 0 Å². The van der Waals surface area contributed by atoms with Gasteiger partial charge in [-0.3, -0.25) is 0 Å². The number of tetrazole rings is 1. The molecule has 0 spiro atoms. The summed E-state index contributed by atoms with van der Waals surface area (Å²) in [7, 11) is 3.36. The normalized spacial score (nSPS) is 10.3. The van der Waals surface area contributed by atoms with E-state index in [1.807, 2.05) is 18.2 Å². The maximum atomic E-state index is 5.13. The molecular formula is C9H9BrN4O. The van der Waals surface area contributed by atoms with Crippen LogP contribution in [-0.4, -0.2) is 27.3 Å². The molecule has 0 N–H and O–H groups in total. The van der Waals surface area contributed by atoms with Gasteiger partial charge in [-0.25, -0.2) is 0 Å². The van der Waals surface area contributed by atoms with Crippen LogP contribution in [0.4, 0.5) is 0 Å². The van der Waals surface area contributed by atoms with Gasteiger partial charge in [0.1, 0.15) is 5.75 Å². The maximum Gasteiger partial charge on any atom is 0.204 e. The number of benzene rings is 1. The molecule has 1 aromatic heterocycles. The van der Waals surface area contributed by atoms with Crippen LogP contribution in [0.2, 0.25) is 0 Å². The van der Waals surface area contributed by atoms with E-state index >= 15 is 0 Å². The number of aromatic nitrogens is 4. The summed E-state index contributed by atoms with van der Waals surface area (Å²) in [5.74, 6) is 1.38. The van der Waals surface area contributed by atoms with Crippen molar-refractivity contribution in [2.45, 2.75) is 0 Å². The fourth-order valence-corrected chi connectivity index (χ4v) is 1.75. The van der Waals surface area contributed by atoms with E-state index in [9.17, 15) is 0 Å². The molecule has 78 valence electrons. The van der Waals surface area contributed by atoms with Crippen LogP contribution < -0.4 is 4.74 Å². The molecule has 0 unspecified atom stereocenters. The largest absolute Gasteiger partial charge is 0.496 e. The van der Waals surface area contributed by atoms with Crippen molar-refractivity contribution in [3.63, 3.8) is 0 Å². The third-order valence-electron chi connectivity index (χ3n) is 1.92. The molecule has 0 radical (unpaired) electrons. The summed E-state index contributed by atoms with van der Waals surface area (Å²) in [6.07, 6.45) is 0. The Kier molecular flexibility index (Phi) is 2.68. The third-order valence-corrected chi connectivity index (χ3v) is 2.54. The Labute approximate surface area is 95.2 Å². The number of nitrogens with zero attached hydrogens (tertiary/aromatic N) is 4. The second kappa shape index (κ2) is 3.98. The van der Waals surface area contributed by atoms with Gasteiger partial charge in [-0.15, -0.1) is 10.2 Å². The van der Waals surface area contributed by atoms with Crippen LogP contribution >= 0.6 is 15.9 Å². The van der Waals surface area contributed by atoms with E-state index in [2.05, 4.69) is 31.3 Å². The van der Waals surface area contributed by atoms with Crippen LogP contribution in [0.15, 0.2) is 22.7 Å². The standard InChI is InChI=1S/C9H9BrN4O/c1-14-12-9(11-13-14)6-3-4-8(15-2)7(10)5-6/h3-5H,1-2H3. The van der Waals surface area contributed by atoms with Crippen molar-refractivity contribution in [2.75, 3.05) is 7.11 Å². The SMILES string of the molecule is COc1ccc(-c2nnn(C)n2)cc1Br. The van der Waals surface area contributed by atoms with Gasteiger partial charge in [-0.2, -0.15) is 4.80 Å². The van der Waals surface area contributed by atoms with Crippen LogP contribution in [-0.2, 0) is 7.05 Å². The zero-order valence-electron chi connectivity index (χ0n) is 8.31. The van der Waals surface area contributed by atoms with Crippen LogP contribution in [0.1, 0.15) is 0 Å². The van der Waals surface area contributed by atoms with Crippen LogP contribution in [0.25, 0.3) is 11.4 Å². The molecule has 0 bridgehead atoms. The number of ether oxygens (including phenoxy) is 1. The van der Waals surface area contributed by atoms with Crippen molar-refractivity contribution < 1.29 is 4.74 Å². The Morgan fingerprint density at radius 3 is 2.73 bits per heavy atom. The summed E-state index contributed by atoms with van der Waals surface area (Å²) in [5, 5.41) is 11.8. The van der Waals surface area contributed by atoms with Gasteiger partial charge in [0.15, 0.2) is 0 Å². The highest BCUT2D eigenvalue weighted by Gasteiger charge is 2.07. The Morgan fingerprint density at radius 1 is 1.40 bits per heavy atom. The zero-order valence-corrected chi connectivity index (χ0v) is 9.89. The Morgan fingerprint density at radius 2 is 2.20 bits per heavy atom. The number of aryl methyl sites for hydroxylation is 1. The van der Waals surface area contributed by atoms with Gasteiger partial charge < -0.3 is 4.74 Å². The molecular weight excluding hydrogens is 260 g/mol. The first kappa shape index (κ1) is 10.1. The van der Waals surface area contributed by atoms with Crippen LogP contribution in [0.5, 0.6) is 5.75 Å². The topological polar surface area (TPSA) is 52.8 Å². The number of methoxy groups -OCH3 is 1. The lowest BCUT2D eigenvalue weighted by molar-refractivity contribution is 0.412. The highest BCUT2D eigenvalue weighted by molar-refractivity contribution is 9.10. The quantitative estimate of drug-likeness (QED) is 0.831. The number of halogens is 1. The zero-order chi connectivity index (χ0) is 10.8. The minimum Gasteiger partial charge on any atom is -0.496 e. The minimum atomic E-state index is 0.598. The summed E-state index contributed by atoms with van der Waals surface area (Å²) >= 11 is 3.40. The summed E-state index contributed by atoms with van der Waals surface area (Å²) < 4.78 is 6.00. The van der Waals surface area contributed by atoms with E-state index in [0.717, 1.165) is 15.8 Å². The lowest BCUT2D eigenvalue weighted by Gasteiger charge is -2.03. The molecule has 6 heteroatoms. The summed E-state index contributed by atoms with van der Waals surface area (Å²) in [5.41, 5.74) is 0.899. The van der Waals surface area contributed by atoms with Gasteiger partial charge >= 0.3 is 0 Å². The van der Waals surface area contributed by atoms with E-state index in [-0.39, 0.29) is 0 Å². The average molecular weight is 269 g/mol. The van der Waals surface area contributed by atoms with Gasteiger partial charge in [0.2, 0.25) is 5.82 Å². The first-order valence-corrected chi connectivity index (χ1v) is 5.08. The van der Waals surface area contributed by atoms with Gasteiger partial charge in [0.05, 0.1) is 18.6 Å². The molecule has 2 aromatic rings. The second-order valence-electron chi connectivity index (χ2n) is 2.95. The molecule has 1 aromatic carbocycles. The minimum absolute atomic E-state index is 0.598. The molecule has 2 rings (SSSR count). The Hall–Kier alpha value is -1.43. The lowest BCUT2D eigenvalue weighted by Crippen LogP contribution is -1.92. The van der Waals surface area contributed by atoms with Gasteiger partial charge in [-0.1, -0.05) is 0 Å². The first-order chi connectivity index (χ1) is 7.20. The van der Waals surface area contributed by atoms with Gasteiger partial charge in [0, 0.05) is 5.56 Å². The fraction of sp³-hybridized carbons (Fsp3) is 0.222. The Balaban J connectivity index is 2.42. The van der Waals surface area contributed by atoms with Gasteiger partial charge in [0.25, 0.3) is 0 Å². The van der Waals surface area contributed by atoms with Crippen molar-refractivity contribution in [1.82, 2.24) is 20.2 Å². The molecule has 0 atom stereocenters. The lowest BCUT2D eigenvalue weighted by atomic mass is 10.2. The highest BCUT2D eigenvalue weighted by atomic mass is 79.9. The smallest absolute Gasteiger partial charge is 0.204 e. The van der Waals surface area contributed by atoms with Crippen LogP contribution in [0, 0.1) is 0 Å². The second-order valence-corrected chi connectivity index (χ2v) is 3.81. The molecule has 0 saturated carbocycles. The third kappa shape index (κ3) is 1.99. The molecule has 0 aliphatic heterocycles. The highest BCUT2D eigenvalue weighted by Crippen LogP contribution is 2.28. The molecule has 1 heterocycles. The van der Waals surface area contributed by atoms with E-state index in [1.165, 1.54) is 4.80 Å². The molecule has 15 heavy (non-hydrogen) atoms. The summed E-state index contributed by atoms with van der Waals surface area (Å²) in [4.78, 5) is 1.42. The molecule has 0 aliphatic carbocycles. The van der Waals surface area contributed by atoms with E-state index < -0.39 is 0 Å². The van der Waals surface area contributed by atoms with Crippen molar-refractivity contribution in [2.24, 2.45) is 7.05 Å². The van der Waals surface area contributed by atoms with E-state index in [0.29, 0.717) is 5.82 Å². The maximum absolute atomic E-state index is 5.13. The summed E-state index contributed by atoms with van der Waals surface area (Å²) in [6, 6.07) is 5.65. The van der Waals surface area contributed by atoms with Crippen molar-refractivity contribution in [3.8, 4) is 17.1 Å². The monoisotopic (exact) mass is 268 g/mol. The number of rotatable bonds is 2. The van der Waals surface area contributed by atoms with Gasteiger partial charge in [-0.05, 0) is 39.3 Å². The van der Waals surface area contributed by atoms with E-state index in [4.69, 9.17) is 4.74 Å². The predicted molar refractivity (Wildman–Crippen MR) is 58.5 cm³/mol. The predicted octanol–water partition coefficient (Wildman–Crippen LogP) is 1.65. The van der Waals surface area contributed by atoms with Crippen molar-refractivity contribution >= 4 is 15.9 Å². The Bertz CT molecular complexity index is 483. The van der Waals surface area contributed by atoms with E-state index in [1.54, 1.807) is 14.2 Å². The summed E-state index contributed by atoms with van der Waals surface area (Å²) in [6.45, 7) is 0. The van der Waals surface area contributed by atoms with Crippen LogP contribution in [0.3, 0.4) is 0 Å².